The third-order valence-corrected chi connectivity index (χ3v) is 4.43. The lowest BCUT2D eigenvalue weighted by molar-refractivity contribution is -0.121. The Morgan fingerprint density at radius 3 is 2.71 bits per heavy atom. The molecule has 112 valence electrons. The number of benzene rings is 1. The first-order chi connectivity index (χ1) is 10.00. The number of hydrogen-bond acceptors (Lipinski definition) is 4. The van der Waals surface area contributed by atoms with E-state index in [2.05, 4.69) is 10.0 Å². The maximum Gasteiger partial charge on any atom is 0.221 e. The van der Waals surface area contributed by atoms with E-state index >= 15 is 0 Å². The molecule has 1 aromatic carbocycles. The van der Waals surface area contributed by atoms with E-state index in [-0.39, 0.29) is 30.7 Å². The maximum atomic E-state index is 11.9. The molecule has 0 aromatic heterocycles. The van der Waals surface area contributed by atoms with Crippen molar-refractivity contribution in [2.24, 2.45) is 0 Å². The summed E-state index contributed by atoms with van der Waals surface area (Å²) in [5.74, 6) is -0.404. The largest absolute Gasteiger partial charge is 0.353 e. The number of rotatable bonds is 7. The molecule has 1 aliphatic carbocycles. The normalized spacial score (nSPS) is 14.4. The van der Waals surface area contributed by atoms with Crippen LogP contribution >= 0.6 is 0 Å². The van der Waals surface area contributed by atoms with Gasteiger partial charge in [-0.15, -0.1) is 0 Å². The average molecular weight is 307 g/mol. The number of hydrogen-bond donors (Lipinski definition) is 2. The van der Waals surface area contributed by atoms with Crippen LogP contribution in [0.2, 0.25) is 0 Å². The van der Waals surface area contributed by atoms with Gasteiger partial charge in [-0.3, -0.25) is 4.79 Å². The first-order valence-corrected chi connectivity index (χ1v) is 8.40. The highest BCUT2D eigenvalue weighted by Crippen LogP contribution is 2.18. The van der Waals surface area contributed by atoms with Crippen molar-refractivity contribution in [1.29, 1.82) is 5.26 Å². The smallest absolute Gasteiger partial charge is 0.221 e. The van der Waals surface area contributed by atoms with Gasteiger partial charge in [0.1, 0.15) is 0 Å². The molecule has 0 saturated heterocycles. The molecule has 7 heteroatoms. The SMILES string of the molecule is N#Cc1ccccc1CS(=O)(=O)NCCC(=O)NC1CC1. The van der Waals surface area contributed by atoms with Crippen molar-refractivity contribution in [2.45, 2.75) is 31.1 Å². The number of carbonyl (C=O) groups is 1. The van der Waals surface area contributed by atoms with Crippen LogP contribution in [0, 0.1) is 11.3 Å². The zero-order chi connectivity index (χ0) is 15.3. The zero-order valence-electron chi connectivity index (χ0n) is 11.5. The second-order valence-corrected chi connectivity index (χ2v) is 6.82. The number of carbonyl (C=O) groups excluding carboxylic acids is 1. The fourth-order valence-corrected chi connectivity index (χ4v) is 3.03. The van der Waals surface area contributed by atoms with Crippen LogP contribution in [0.15, 0.2) is 24.3 Å². The Morgan fingerprint density at radius 1 is 1.33 bits per heavy atom. The first-order valence-electron chi connectivity index (χ1n) is 6.75. The van der Waals surface area contributed by atoms with Crippen molar-refractivity contribution in [3.8, 4) is 6.07 Å². The first kappa shape index (κ1) is 15.5. The number of nitrogens with one attached hydrogen (secondary N) is 2. The lowest BCUT2D eigenvalue weighted by Gasteiger charge is -2.08. The Bertz CT molecular complexity index is 660. The molecule has 6 nitrogen and oxygen atoms in total. The molecule has 1 saturated carbocycles. The molecule has 0 heterocycles. The summed E-state index contributed by atoms with van der Waals surface area (Å²) >= 11 is 0. The molecule has 0 bridgehead atoms. The van der Waals surface area contributed by atoms with Crippen LogP contribution < -0.4 is 10.0 Å². The van der Waals surface area contributed by atoms with E-state index in [0.29, 0.717) is 11.1 Å². The molecule has 1 aromatic rings. The highest BCUT2D eigenvalue weighted by atomic mass is 32.2. The Labute approximate surface area is 124 Å². The van der Waals surface area contributed by atoms with Crippen molar-refractivity contribution in [3.63, 3.8) is 0 Å². The average Bonchev–Trinajstić information content (AvgIpc) is 3.22. The van der Waals surface area contributed by atoms with Crippen LogP contribution in [0.3, 0.4) is 0 Å². The molecule has 0 unspecified atom stereocenters. The molecule has 21 heavy (non-hydrogen) atoms. The van der Waals surface area contributed by atoms with Gasteiger partial charge in [-0.05, 0) is 24.5 Å². The summed E-state index contributed by atoms with van der Waals surface area (Å²) < 4.78 is 26.2. The Hall–Kier alpha value is -1.91. The third-order valence-electron chi connectivity index (χ3n) is 3.10. The minimum absolute atomic E-state index is 0.0651. The molecule has 0 spiro atoms. The van der Waals surface area contributed by atoms with Crippen LogP contribution in [0.5, 0.6) is 0 Å². The van der Waals surface area contributed by atoms with Crippen LogP contribution in [-0.4, -0.2) is 26.9 Å². The van der Waals surface area contributed by atoms with Gasteiger partial charge in [0, 0.05) is 19.0 Å². The van der Waals surface area contributed by atoms with Gasteiger partial charge in [0.15, 0.2) is 0 Å². The molecule has 2 rings (SSSR count). The van der Waals surface area contributed by atoms with Gasteiger partial charge in [-0.2, -0.15) is 5.26 Å². The Morgan fingerprint density at radius 2 is 2.05 bits per heavy atom. The van der Waals surface area contributed by atoms with E-state index in [4.69, 9.17) is 5.26 Å². The second-order valence-electron chi connectivity index (χ2n) is 5.01. The second kappa shape index (κ2) is 6.70. The lowest BCUT2D eigenvalue weighted by Crippen LogP contribution is -2.32. The Kier molecular flexibility index (Phi) is 4.94. The number of nitrogens with zero attached hydrogens (tertiary/aromatic N) is 1. The topological polar surface area (TPSA) is 99.1 Å². The van der Waals surface area contributed by atoms with Crippen molar-refractivity contribution in [2.75, 3.05) is 6.54 Å². The van der Waals surface area contributed by atoms with Gasteiger partial charge in [-0.25, -0.2) is 13.1 Å². The van der Waals surface area contributed by atoms with E-state index in [0.717, 1.165) is 12.8 Å². The van der Waals surface area contributed by atoms with Crippen molar-refractivity contribution in [3.05, 3.63) is 35.4 Å². The molecule has 0 atom stereocenters. The minimum Gasteiger partial charge on any atom is -0.353 e. The van der Waals surface area contributed by atoms with Crippen molar-refractivity contribution < 1.29 is 13.2 Å². The summed E-state index contributed by atoms with van der Waals surface area (Å²) in [7, 11) is -3.56. The number of sulfonamides is 1. The van der Waals surface area contributed by atoms with Crippen LogP contribution in [-0.2, 0) is 20.6 Å². The standard InChI is InChI=1S/C14H17N3O3S/c15-9-11-3-1-2-4-12(11)10-21(19,20)16-8-7-14(18)17-13-5-6-13/h1-4,13,16H,5-8,10H2,(H,17,18). The maximum absolute atomic E-state index is 11.9. The summed E-state index contributed by atoms with van der Waals surface area (Å²) in [6.45, 7) is 0.0651. The van der Waals surface area contributed by atoms with Gasteiger partial charge in [-0.1, -0.05) is 18.2 Å². The van der Waals surface area contributed by atoms with Gasteiger partial charge in [0.25, 0.3) is 0 Å². The zero-order valence-corrected chi connectivity index (χ0v) is 12.3. The Balaban J connectivity index is 1.84. The van der Waals surface area contributed by atoms with Gasteiger partial charge in [0.05, 0.1) is 17.4 Å². The summed E-state index contributed by atoms with van der Waals surface area (Å²) in [6, 6.07) is 8.80. The minimum atomic E-state index is -3.56. The fourth-order valence-electron chi connectivity index (χ4n) is 1.86. The molecule has 0 radical (unpaired) electrons. The van der Waals surface area contributed by atoms with Crippen LogP contribution in [0.25, 0.3) is 0 Å². The lowest BCUT2D eigenvalue weighted by atomic mass is 10.1. The monoisotopic (exact) mass is 307 g/mol. The molecule has 1 fully saturated rings. The predicted molar refractivity (Wildman–Crippen MR) is 77.6 cm³/mol. The summed E-state index contributed by atoms with van der Waals surface area (Å²) in [5.41, 5.74) is 0.796. The molecule has 1 amide bonds. The fraction of sp³-hybridized carbons (Fsp3) is 0.429. The van der Waals surface area contributed by atoms with Gasteiger partial charge < -0.3 is 5.32 Å². The van der Waals surface area contributed by atoms with Crippen LogP contribution in [0.1, 0.15) is 30.4 Å². The molecule has 2 N–H and O–H groups in total. The molecule has 1 aliphatic rings. The van der Waals surface area contributed by atoms with E-state index in [9.17, 15) is 13.2 Å². The molecule has 0 aliphatic heterocycles. The van der Waals surface area contributed by atoms with Crippen molar-refractivity contribution >= 4 is 15.9 Å². The van der Waals surface area contributed by atoms with Gasteiger partial charge in [0.2, 0.25) is 15.9 Å². The third kappa shape index (κ3) is 5.17. The van der Waals surface area contributed by atoms with E-state index < -0.39 is 10.0 Å². The van der Waals surface area contributed by atoms with Crippen LogP contribution in [0.4, 0.5) is 0 Å². The highest BCUT2D eigenvalue weighted by molar-refractivity contribution is 7.88. The number of nitriles is 1. The van der Waals surface area contributed by atoms with E-state index in [1.165, 1.54) is 0 Å². The predicted octanol–water partition coefficient (Wildman–Crippen LogP) is 0.646. The summed E-state index contributed by atoms with van der Waals surface area (Å²) in [6.07, 6.45) is 2.13. The molecular formula is C14H17N3O3S. The number of amides is 1. The van der Waals surface area contributed by atoms with E-state index in [1.54, 1.807) is 24.3 Å². The van der Waals surface area contributed by atoms with E-state index in [1.807, 2.05) is 6.07 Å². The summed E-state index contributed by atoms with van der Waals surface area (Å²) in [5, 5.41) is 11.7. The summed E-state index contributed by atoms with van der Waals surface area (Å²) in [4.78, 5) is 11.4. The highest BCUT2D eigenvalue weighted by Gasteiger charge is 2.23. The molecular weight excluding hydrogens is 290 g/mol. The van der Waals surface area contributed by atoms with Crippen molar-refractivity contribution in [1.82, 2.24) is 10.0 Å². The van der Waals surface area contributed by atoms with Gasteiger partial charge >= 0.3 is 0 Å². The quantitative estimate of drug-likeness (QED) is 0.772.